The molecule has 0 saturated carbocycles. The van der Waals surface area contributed by atoms with Gasteiger partial charge in [-0.25, -0.2) is 10.0 Å². The quantitative estimate of drug-likeness (QED) is 0.555. The van der Waals surface area contributed by atoms with Crippen molar-refractivity contribution < 1.29 is 13.0 Å². The Hall–Kier alpha value is -0.980. The van der Waals surface area contributed by atoms with Crippen LogP contribution in [0.2, 0.25) is 0 Å². The predicted molar refractivity (Wildman–Crippen MR) is 44.5 cm³/mol. The third-order valence-corrected chi connectivity index (χ3v) is 1.50. The second-order valence-electron chi connectivity index (χ2n) is 1.98. The summed E-state index contributed by atoms with van der Waals surface area (Å²) in [6.07, 6.45) is 1.56. The predicted octanol–water partition coefficient (Wildman–Crippen LogP) is 0.586. The first-order valence-corrected chi connectivity index (χ1v) is 4.17. The number of hydrogen-bond acceptors (Lipinski definition) is 4. The van der Waals surface area contributed by atoms with Gasteiger partial charge in [0.1, 0.15) is 0 Å². The molecule has 0 bridgehead atoms. The zero-order valence-corrected chi connectivity index (χ0v) is 7.19. The molecule has 0 spiro atoms. The molecule has 1 aromatic heterocycles. The molecule has 0 fully saturated rings. The van der Waals surface area contributed by atoms with Gasteiger partial charge in [-0.2, -0.15) is 4.21 Å². The molecule has 12 heavy (non-hydrogen) atoms. The molecular formula is C6H8N2O3S. The molecule has 66 valence electrons. The molecule has 1 aromatic rings. The van der Waals surface area contributed by atoms with Gasteiger partial charge in [0.05, 0.1) is 0 Å². The lowest BCUT2D eigenvalue weighted by molar-refractivity contribution is 0.292. The lowest BCUT2D eigenvalue weighted by Gasteiger charge is -2.12. The normalized spacial score (nSPS) is 12.5. The van der Waals surface area contributed by atoms with Gasteiger partial charge < -0.3 is 0 Å². The average Bonchev–Trinajstić information content (AvgIpc) is 2.05. The van der Waals surface area contributed by atoms with Crippen LogP contribution in [0.3, 0.4) is 0 Å². The number of hydroxylamine groups is 1. The van der Waals surface area contributed by atoms with Crippen LogP contribution in [0.5, 0.6) is 0 Å². The summed E-state index contributed by atoms with van der Waals surface area (Å²) in [6, 6.07) is 5.16. The average molecular weight is 188 g/mol. The summed E-state index contributed by atoms with van der Waals surface area (Å²) in [7, 11) is 1.50. The Morgan fingerprint density at radius 2 is 2.42 bits per heavy atom. The van der Waals surface area contributed by atoms with E-state index in [0.717, 1.165) is 5.06 Å². The minimum Gasteiger partial charge on any atom is -0.282 e. The monoisotopic (exact) mass is 188 g/mol. The van der Waals surface area contributed by atoms with Crippen molar-refractivity contribution in [2.75, 3.05) is 12.1 Å². The molecule has 0 saturated heterocycles. The summed E-state index contributed by atoms with van der Waals surface area (Å²) in [5.41, 5.74) is 0. The molecular weight excluding hydrogens is 180 g/mol. The fraction of sp³-hybridized carbons (Fsp3) is 0.167. The van der Waals surface area contributed by atoms with Crippen LogP contribution in [0.4, 0.5) is 5.82 Å². The highest BCUT2D eigenvalue weighted by molar-refractivity contribution is 7.74. The standard InChI is InChI=1S/C6H8N2O3S/c1-8(11-12(9)10)6-4-2-3-5-7-6/h2-5H,1H3,(H,9,10). The van der Waals surface area contributed by atoms with Crippen molar-refractivity contribution in [3.05, 3.63) is 24.4 Å². The molecule has 0 aliphatic rings. The molecule has 5 nitrogen and oxygen atoms in total. The van der Waals surface area contributed by atoms with Gasteiger partial charge >= 0.3 is 11.4 Å². The van der Waals surface area contributed by atoms with E-state index in [9.17, 15) is 4.21 Å². The molecule has 0 radical (unpaired) electrons. The first-order chi connectivity index (χ1) is 5.70. The Morgan fingerprint density at radius 3 is 2.92 bits per heavy atom. The molecule has 0 aliphatic heterocycles. The lowest BCUT2D eigenvalue weighted by Crippen LogP contribution is -2.19. The zero-order valence-electron chi connectivity index (χ0n) is 6.38. The van der Waals surface area contributed by atoms with E-state index in [0.29, 0.717) is 5.82 Å². The van der Waals surface area contributed by atoms with E-state index in [1.165, 1.54) is 7.05 Å². The summed E-state index contributed by atoms with van der Waals surface area (Å²) in [4.78, 5) is 3.89. The number of pyridine rings is 1. The summed E-state index contributed by atoms with van der Waals surface area (Å²) in [5.74, 6) is 0.472. The van der Waals surface area contributed by atoms with Crippen molar-refractivity contribution in [2.45, 2.75) is 0 Å². The minimum absolute atomic E-state index is 0.472. The second-order valence-corrected chi connectivity index (χ2v) is 2.56. The van der Waals surface area contributed by atoms with Crippen LogP contribution in [0.25, 0.3) is 0 Å². The van der Waals surface area contributed by atoms with Gasteiger partial charge in [-0.3, -0.25) is 4.55 Å². The largest absolute Gasteiger partial charge is 0.325 e. The van der Waals surface area contributed by atoms with Gasteiger partial charge in [-0.05, 0) is 12.1 Å². The van der Waals surface area contributed by atoms with Crippen molar-refractivity contribution in [1.29, 1.82) is 0 Å². The van der Waals surface area contributed by atoms with Crippen LogP contribution >= 0.6 is 0 Å². The van der Waals surface area contributed by atoms with Gasteiger partial charge in [0, 0.05) is 13.2 Å². The number of hydrogen-bond donors (Lipinski definition) is 1. The van der Waals surface area contributed by atoms with E-state index in [1.807, 2.05) is 0 Å². The first kappa shape index (κ1) is 9.11. The fourth-order valence-electron chi connectivity index (χ4n) is 0.674. The Bertz CT molecular complexity index is 267. The maximum absolute atomic E-state index is 10.2. The smallest absolute Gasteiger partial charge is 0.282 e. The molecule has 0 aromatic carbocycles. The van der Waals surface area contributed by atoms with Crippen molar-refractivity contribution in [2.24, 2.45) is 0 Å². The van der Waals surface area contributed by atoms with Crippen LogP contribution < -0.4 is 5.06 Å². The fourth-order valence-corrected chi connectivity index (χ4v) is 0.941. The maximum Gasteiger partial charge on any atom is 0.325 e. The van der Waals surface area contributed by atoms with Gasteiger partial charge in [0.15, 0.2) is 5.82 Å². The summed E-state index contributed by atoms with van der Waals surface area (Å²) < 4.78 is 23.0. The molecule has 1 N–H and O–H groups in total. The van der Waals surface area contributed by atoms with Gasteiger partial charge in [-0.1, -0.05) is 6.07 Å². The lowest BCUT2D eigenvalue weighted by atomic mass is 10.5. The van der Waals surface area contributed by atoms with E-state index in [2.05, 4.69) is 9.27 Å². The van der Waals surface area contributed by atoms with Crippen LogP contribution in [0, 0.1) is 0 Å². The van der Waals surface area contributed by atoms with Gasteiger partial charge in [-0.15, -0.1) is 4.28 Å². The Labute approximate surface area is 72.4 Å². The van der Waals surface area contributed by atoms with Crippen LogP contribution in [-0.4, -0.2) is 20.8 Å². The number of rotatable bonds is 3. The maximum atomic E-state index is 10.2. The summed E-state index contributed by atoms with van der Waals surface area (Å²) in [6.45, 7) is 0. The molecule has 1 unspecified atom stereocenters. The van der Waals surface area contributed by atoms with Gasteiger partial charge in [0.25, 0.3) is 0 Å². The molecule has 1 atom stereocenters. The molecule has 6 heteroatoms. The Balaban J connectivity index is 2.65. The number of anilines is 1. The van der Waals surface area contributed by atoms with Crippen LogP contribution in [0.1, 0.15) is 0 Å². The topological polar surface area (TPSA) is 62.7 Å². The first-order valence-electron chi connectivity index (χ1n) is 3.14. The van der Waals surface area contributed by atoms with Crippen molar-refractivity contribution in [3.63, 3.8) is 0 Å². The summed E-state index contributed by atoms with van der Waals surface area (Å²) >= 11 is -2.31. The van der Waals surface area contributed by atoms with Crippen molar-refractivity contribution in [3.8, 4) is 0 Å². The molecule has 1 heterocycles. The SMILES string of the molecule is CN(OS(=O)O)c1ccccn1. The van der Waals surface area contributed by atoms with Gasteiger partial charge in [0.2, 0.25) is 0 Å². The second kappa shape index (κ2) is 4.15. The van der Waals surface area contributed by atoms with E-state index in [1.54, 1.807) is 24.4 Å². The minimum atomic E-state index is -2.31. The highest BCUT2D eigenvalue weighted by atomic mass is 32.2. The zero-order chi connectivity index (χ0) is 8.97. The third-order valence-electron chi connectivity index (χ3n) is 1.15. The summed E-state index contributed by atoms with van der Waals surface area (Å²) in [5, 5.41) is 1.12. The molecule has 1 rings (SSSR count). The number of nitrogens with zero attached hydrogens (tertiary/aromatic N) is 2. The van der Waals surface area contributed by atoms with Crippen LogP contribution in [0.15, 0.2) is 24.4 Å². The van der Waals surface area contributed by atoms with Crippen LogP contribution in [-0.2, 0) is 15.6 Å². The molecule has 0 aliphatic carbocycles. The molecule has 0 amide bonds. The van der Waals surface area contributed by atoms with E-state index < -0.39 is 11.4 Å². The third kappa shape index (κ3) is 2.57. The van der Waals surface area contributed by atoms with E-state index in [-0.39, 0.29) is 0 Å². The van der Waals surface area contributed by atoms with Crippen molar-refractivity contribution >= 4 is 17.2 Å². The number of aromatic nitrogens is 1. The highest BCUT2D eigenvalue weighted by Gasteiger charge is 2.03. The highest BCUT2D eigenvalue weighted by Crippen LogP contribution is 2.06. The Kier molecular flexibility index (Phi) is 3.15. The Morgan fingerprint density at radius 1 is 1.67 bits per heavy atom. The van der Waals surface area contributed by atoms with E-state index >= 15 is 0 Å². The van der Waals surface area contributed by atoms with Crippen molar-refractivity contribution in [1.82, 2.24) is 4.98 Å². The van der Waals surface area contributed by atoms with E-state index in [4.69, 9.17) is 4.55 Å².